The van der Waals surface area contributed by atoms with Crippen LogP contribution in [-0.2, 0) is 12.8 Å². The van der Waals surface area contributed by atoms with Gasteiger partial charge in [-0.2, -0.15) is 0 Å². The standard InChI is InChI=1S/C20H25ClN4O2S2/c1-24-6-4-12-8-17(28-15(12)5-7-24)20(27)25-11-13(9-14(25)10-22)23-19(26)16-2-3-18(21)29-16/h2-3,8,13-14H,4-7,9-11,22H2,1H3,(H,23,26)/t13-,14+/m1/s1. The second-order valence-corrected chi connectivity index (χ2v) is 10.6. The Balaban J connectivity index is 1.44. The molecular weight excluding hydrogens is 428 g/mol. The maximum absolute atomic E-state index is 13.2. The van der Waals surface area contributed by atoms with E-state index in [1.54, 1.807) is 23.5 Å². The Hall–Kier alpha value is -1.45. The average Bonchev–Trinajstić information content (AvgIpc) is 3.40. The van der Waals surface area contributed by atoms with Crippen molar-refractivity contribution >= 4 is 46.1 Å². The smallest absolute Gasteiger partial charge is 0.264 e. The van der Waals surface area contributed by atoms with E-state index in [2.05, 4.69) is 23.3 Å². The van der Waals surface area contributed by atoms with Gasteiger partial charge in [-0.3, -0.25) is 9.59 Å². The molecule has 0 aromatic carbocycles. The van der Waals surface area contributed by atoms with Crippen molar-refractivity contribution in [2.24, 2.45) is 5.73 Å². The van der Waals surface area contributed by atoms with Crippen LogP contribution in [0.2, 0.25) is 4.34 Å². The van der Waals surface area contributed by atoms with Gasteiger partial charge in [0.15, 0.2) is 0 Å². The summed E-state index contributed by atoms with van der Waals surface area (Å²) in [6.45, 7) is 2.92. The van der Waals surface area contributed by atoms with Crippen LogP contribution in [0, 0.1) is 0 Å². The lowest BCUT2D eigenvalue weighted by Gasteiger charge is -2.22. The van der Waals surface area contributed by atoms with Crippen molar-refractivity contribution in [2.45, 2.75) is 31.3 Å². The van der Waals surface area contributed by atoms with Crippen LogP contribution >= 0.6 is 34.3 Å². The molecule has 0 aliphatic carbocycles. The molecule has 9 heteroatoms. The second-order valence-electron chi connectivity index (χ2n) is 7.72. The molecular formula is C20H25ClN4O2S2. The highest BCUT2D eigenvalue weighted by Crippen LogP contribution is 2.29. The van der Waals surface area contributed by atoms with Gasteiger partial charge in [0.1, 0.15) is 0 Å². The van der Waals surface area contributed by atoms with Crippen LogP contribution in [-0.4, -0.2) is 66.9 Å². The normalized spacial score (nSPS) is 22.4. The van der Waals surface area contributed by atoms with Crippen molar-refractivity contribution in [1.29, 1.82) is 0 Å². The molecule has 4 rings (SSSR count). The van der Waals surface area contributed by atoms with Crippen molar-refractivity contribution in [3.63, 3.8) is 0 Å². The van der Waals surface area contributed by atoms with E-state index >= 15 is 0 Å². The van der Waals surface area contributed by atoms with E-state index in [4.69, 9.17) is 17.3 Å². The highest BCUT2D eigenvalue weighted by molar-refractivity contribution is 7.18. The molecule has 0 spiro atoms. The van der Waals surface area contributed by atoms with Crippen molar-refractivity contribution < 1.29 is 9.59 Å². The molecule has 2 aromatic heterocycles. The molecule has 2 aliphatic rings. The summed E-state index contributed by atoms with van der Waals surface area (Å²) >= 11 is 8.80. The lowest BCUT2D eigenvalue weighted by Crippen LogP contribution is -2.40. The summed E-state index contributed by atoms with van der Waals surface area (Å²) in [5.41, 5.74) is 7.25. The van der Waals surface area contributed by atoms with Crippen molar-refractivity contribution in [2.75, 3.05) is 33.2 Å². The van der Waals surface area contributed by atoms with Crippen LogP contribution in [0.3, 0.4) is 0 Å². The van der Waals surface area contributed by atoms with Crippen molar-refractivity contribution in [1.82, 2.24) is 15.1 Å². The molecule has 6 nitrogen and oxygen atoms in total. The summed E-state index contributed by atoms with van der Waals surface area (Å²) in [6.07, 6.45) is 2.65. The number of halogens is 1. The number of likely N-dealkylation sites (N-methyl/N-ethyl adjacent to an activating group) is 1. The first-order valence-corrected chi connectivity index (χ1v) is 11.8. The number of hydrogen-bond donors (Lipinski definition) is 2. The third-order valence-electron chi connectivity index (χ3n) is 5.67. The summed E-state index contributed by atoms with van der Waals surface area (Å²) in [5, 5.41) is 3.03. The number of hydrogen-bond acceptors (Lipinski definition) is 6. The molecule has 1 fully saturated rings. The molecule has 2 aromatic rings. The number of likely N-dealkylation sites (tertiary alicyclic amines) is 1. The average molecular weight is 453 g/mol. The number of carbonyl (C=O) groups is 2. The van der Waals surface area contributed by atoms with Crippen LogP contribution in [0.4, 0.5) is 0 Å². The predicted octanol–water partition coefficient (Wildman–Crippen LogP) is 2.47. The van der Waals surface area contributed by atoms with Gasteiger partial charge < -0.3 is 20.9 Å². The third kappa shape index (κ3) is 4.51. The Kier molecular flexibility index (Phi) is 6.27. The maximum Gasteiger partial charge on any atom is 0.264 e. The van der Waals surface area contributed by atoms with Gasteiger partial charge in [0, 0.05) is 43.1 Å². The van der Waals surface area contributed by atoms with Gasteiger partial charge in [-0.15, -0.1) is 22.7 Å². The van der Waals surface area contributed by atoms with Gasteiger partial charge in [-0.05, 0) is 50.1 Å². The monoisotopic (exact) mass is 452 g/mol. The second kappa shape index (κ2) is 8.73. The molecule has 156 valence electrons. The fraction of sp³-hybridized carbons (Fsp3) is 0.500. The number of carbonyl (C=O) groups excluding carboxylic acids is 2. The largest absolute Gasteiger partial charge is 0.347 e. The fourth-order valence-corrected chi connectivity index (χ4v) is 6.14. The quantitative estimate of drug-likeness (QED) is 0.746. The van der Waals surface area contributed by atoms with Gasteiger partial charge >= 0.3 is 0 Å². The van der Waals surface area contributed by atoms with E-state index < -0.39 is 0 Å². The molecule has 0 bridgehead atoms. The zero-order valence-electron chi connectivity index (χ0n) is 16.3. The summed E-state index contributed by atoms with van der Waals surface area (Å²) in [5.74, 6) is -0.119. The SMILES string of the molecule is CN1CCc2cc(C(=O)N3C[C@H](NC(=O)c4ccc(Cl)s4)C[C@H]3CN)sc2CC1. The van der Waals surface area contributed by atoms with E-state index in [1.165, 1.54) is 21.8 Å². The van der Waals surface area contributed by atoms with Crippen LogP contribution < -0.4 is 11.1 Å². The minimum atomic E-state index is -0.149. The molecule has 3 N–H and O–H groups in total. The minimum Gasteiger partial charge on any atom is -0.347 e. The zero-order valence-corrected chi connectivity index (χ0v) is 18.7. The number of nitrogens with zero attached hydrogens (tertiary/aromatic N) is 2. The van der Waals surface area contributed by atoms with E-state index in [1.807, 2.05) is 4.90 Å². The predicted molar refractivity (Wildman–Crippen MR) is 118 cm³/mol. The Labute approximate surface area is 183 Å². The van der Waals surface area contributed by atoms with Gasteiger partial charge in [-0.1, -0.05) is 11.6 Å². The number of amides is 2. The number of rotatable bonds is 4. The van der Waals surface area contributed by atoms with Crippen LogP contribution in [0.15, 0.2) is 18.2 Å². The summed E-state index contributed by atoms with van der Waals surface area (Å²) in [4.78, 5) is 32.5. The summed E-state index contributed by atoms with van der Waals surface area (Å²) in [6, 6.07) is 5.33. The van der Waals surface area contributed by atoms with E-state index in [-0.39, 0.29) is 23.9 Å². The number of fused-ring (bicyclic) bond motifs is 1. The number of thiophene rings is 2. The number of nitrogens with one attached hydrogen (secondary N) is 1. The molecule has 0 saturated carbocycles. The Morgan fingerprint density at radius 3 is 2.76 bits per heavy atom. The van der Waals surface area contributed by atoms with E-state index in [9.17, 15) is 9.59 Å². The van der Waals surface area contributed by atoms with Crippen molar-refractivity contribution in [3.05, 3.63) is 42.7 Å². The lowest BCUT2D eigenvalue weighted by molar-refractivity contribution is 0.0739. The molecule has 4 heterocycles. The van der Waals surface area contributed by atoms with Crippen LogP contribution in [0.1, 0.15) is 36.2 Å². The minimum absolute atomic E-state index is 0.0304. The molecule has 2 amide bonds. The van der Waals surface area contributed by atoms with Gasteiger partial charge in [0.2, 0.25) is 0 Å². The Morgan fingerprint density at radius 1 is 1.24 bits per heavy atom. The Bertz CT molecular complexity index is 887. The molecule has 0 radical (unpaired) electrons. The van der Waals surface area contributed by atoms with E-state index in [0.29, 0.717) is 28.7 Å². The maximum atomic E-state index is 13.2. The highest BCUT2D eigenvalue weighted by atomic mass is 35.5. The molecule has 2 aliphatic heterocycles. The zero-order chi connectivity index (χ0) is 20.5. The van der Waals surface area contributed by atoms with Gasteiger partial charge in [0.05, 0.1) is 14.1 Å². The summed E-state index contributed by atoms with van der Waals surface area (Å²) in [7, 11) is 2.14. The first-order chi connectivity index (χ1) is 13.9. The fourth-order valence-electron chi connectivity index (χ4n) is 4.04. The topological polar surface area (TPSA) is 78.7 Å². The molecule has 29 heavy (non-hydrogen) atoms. The van der Waals surface area contributed by atoms with Gasteiger partial charge in [-0.25, -0.2) is 0 Å². The molecule has 2 atom stereocenters. The molecule has 1 saturated heterocycles. The van der Waals surface area contributed by atoms with Crippen molar-refractivity contribution in [3.8, 4) is 0 Å². The third-order valence-corrected chi connectivity index (χ3v) is 8.13. The van der Waals surface area contributed by atoms with Crippen LogP contribution in [0.5, 0.6) is 0 Å². The van der Waals surface area contributed by atoms with Crippen LogP contribution in [0.25, 0.3) is 0 Å². The molecule has 0 unspecified atom stereocenters. The first kappa shape index (κ1) is 20.8. The van der Waals surface area contributed by atoms with E-state index in [0.717, 1.165) is 30.8 Å². The highest BCUT2D eigenvalue weighted by Gasteiger charge is 2.36. The summed E-state index contributed by atoms with van der Waals surface area (Å²) < 4.78 is 0.585. The number of nitrogens with two attached hydrogens (primary N) is 1. The lowest BCUT2D eigenvalue weighted by atomic mass is 10.1. The Morgan fingerprint density at radius 2 is 2.03 bits per heavy atom. The first-order valence-electron chi connectivity index (χ1n) is 9.82. The van der Waals surface area contributed by atoms with Gasteiger partial charge in [0.25, 0.3) is 11.8 Å².